The van der Waals surface area contributed by atoms with Gasteiger partial charge in [0.1, 0.15) is 0 Å². The number of hydrogen-bond acceptors (Lipinski definition) is 3. The van der Waals surface area contributed by atoms with Crippen molar-refractivity contribution in [2.45, 2.75) is 12.8 Å². The van der Waals surface area contributed by atoms with Crippen LogP contribution in [0.4, 0.5) is 4.39 Å². The van der Waals surface area contributed by atoms with Crippen molar-refractivity contribution in [2.75, 3.05) is 26.7 Å². The van der Waals surface area contributed by atoms with E-state index in [1.54, 1.807) is 24.1 Å². The van der Waals surface area contributed by atoms with Crippen LogP contribution in [0, 0.1) is 11.2 Å². The van der Waals surface area contributed by atoms with Crippen molar-refractivity contribution in [1.82, 2.24) is 10.2 Å². The molecule has 3 aromatic carbocycles. The van der Waals surface area contributed by atoms with Gasteiger partial charge in [-0.05, 0) is 41.7 Å². The fourth-order valence-corrected chi connectivity index (χ4v) is 4.49. The Kier molecular flexibility index (Phi) is 6.73. The third-order valence-corrected chi connectivity index (χ3v) is 6.23. The number of carbonyl (C=O) groups excluding carboxylic acids is 2. The fraction of sp³-hybridized carbons (Fsp3) is 0.259. The van der Waals surface area contributed by atoms with Crippen LogP contribution in [0.2, 0.25) is 0 Å². The number of rotatable bonds is 7. The van der Waals surface area contributed by atoms with Crippen LogP contribution in [0.25, 0.3) is 11.1 Å². The van der Waals surface area contributed by atoms with Gasteiger partial charge in [-0.1, -0.05) is 66.7 Å². The molecule has 4 rings (SSSR count). The molecule has 1 heterocycles. The first-order valence-corrected chi connectivity index (χ1v) is 11.0. The number of para-hydroxylation sites is 1. The molecule has 1 atom stereocenters. The lowest BCUT2D eigenvalue weighted by Gasteiger charge is -2.28. The summed E-state index contributed by atoms with van der Waals surface area (Å²) in [4.78, 5) is 27.5. The number of hydrogen-bond donors (Lipinski definition) is 1. The number of amides is 2. The summed E-state index contributed by atoms with van der Waals surface area (Å²) in [5.41, 5.74) is 2.48. The lowest BCUT2D eigenvalue weighted by Crippen LogP contribution is -2.44. The first kappa shape index (κ1) is 22.5. The van der Waals surface area contributed by atoms with E-state index in [9.17, 15) is 14.0 Å². The van der Waals surface area contributed by atoms with E-state index in [2.05, 4.69) is 23.5 Å². The Morgan fingerprint density at radius 2 is 1.70 bits per heavy atom. The maximum Gasteiger partial charge on any atom is 0.260 e. The van der Waals surface area contributed by atoms with Crippen molar-refractivity contribution in [1.29, 1.82) is 0 Å². The van der Waals surface area contributed by atoms with Crippen molar-refractivity contribution < 1.29 is 18.7 Å². The molecule has 1 saturated heterocycles. The van der Waals surface area contributed by atoms with E-state index < -0.39 is 11.2 Å². The Bertz CT molecular complexity index is 1130. The van der Waals surface area contributed by atoms with Crippen molar-refractivity contribution in [2.24, 2.45) is 5.41 Å². The third-order valence-electron chi connectivity index (χ3n) is 6.23. The molecule has 33 heavy (non-hydrogen) atoms. The molecular weight excluding hydrogens is 419 g/mol. The average molecular weight is 447 g/mol. The molecule has 3 aromatic rings. The van der Waals surface area contributed by atoms with Gasteiger partial charge in [-0.25, -0.2) is 4.39 Å². The quantitative estimate of drug-likeness (QED) is 0.595. The molecule has 0 radical (unpaired) electrons. The second kappa shape index (κ2) is 9.86. The molecule has 0 spiro atoms. The van der Waals surface area contributed by atoms with Gasteiger partial charge < -0.3 is 15.0 Å². The van der Waals surface area contributed by atoms with Crippen LogP contribution in [0.3, 0.4) is 0 Å². The lowest BCUT2D eigenvalue weighted by atomic mass is 9.78. The summed E-state index contributed by atoms with van der Waals surface area (Å²) in [6.07, 6.45) is 1.05. The van der Waals surface area contributed by atoms with Gasteiger partial charge in [0.05, 0.1) is 5.41 Å². The summed E-state index contributed by atoms with van der Waals surface area (Å²) in [5, 5.41) is 2.79. The number of halogens is 1. The summed E-state index contributed by atoms with van der Waals surface area (Å²) < 4.78 is 19.2. The largest absolute Gasteiger partial charge is 0.481 e. The smallest absolute Gasteiger partial charge is 0.260 e. The average Bonchev–Trinajstić information content (AvgIpc) is 3.29. The zero-order valence-corrected chi connectivity index (χ0v) is 18.6. The standard InChI is InChI=1S/C27H27FN2O3/c1-29-26(32)27(17-21-11-5-6-12-22(21)20-9-3-2-4-10-20)15-16-30(19-27)25(31)18-33-24-14-8-7-13-23(24)28/h2-14H,15-19H2,1H3,(H,29,32)/t27-/m0/s1. The maximum atomic E-state index is 13.8. The van der Waals surface area contributed by atoms with E-state index in [-0.39, 0.29) is 30.7 Å². The summed E-state index contributed by atoms with van der Waals surface area (Å²) in [7, 11) is 1.62. The SMILES string of the molecule is CNC(=O)[C@]1(Cc2ccccc2-c2ccccc2)CCN(C(=O)COc2ccccc2F)C1. The molecule has 1 aliphatic heterocycles. The van der Waals surface area contributed by atoms with Crippen molar-refractivity contribution >= 4 is 11.8 Å². The van der Waals surface area contributed by atoms with Gasteiger partial charge in [-0.15, -0.1) is 0 Å². The normalized spacial score (nSPS) is 17.6. The fourth-order valence-electron chi connectivity index (χ4n) is 4.49. The van der Waals surface area contributed by atoms with E-state index in [0.29, 0.717) is 19.4 Å². The van der Waals surface area contributed by atoms with Crippen LogP contribution in [0.1, 0.15) is 12.0 Å². The summed E-state index contributed by atoms with van der Waals surface area (Å²) in [6.45, 7) is 0.459. The topological polar surface area (TPSA) is 58.6 Å². The number of carbonyl (C=O) groups is 2. The van der Waals surface area contributed by atoms with Crippen LogP contribution in [-0.4, -0.2) is 43.5 Å². The first-order chi connectivity index (χ1) is 16.0. The van der Waals surface area contributed by atoms with Gasteiger partial charge in [-0.3, -0.25) is 9.59 Å². The molecule has 2 amide bonds. The molecule has 6 heteroatoms. The second-order valence-corrected chi connectivity index (χ2v) is 8.34. The maximum absolute atomic E-state index is 13.8. The molecule has 0 aromatic heterocycles. The predicted molar refractivity (Wildman–Crippen MR) is 125 cm³/mol. The van der Waals surface area contributed by atoms with E-state index in [4.69, 9.17) is 4.74 Å². The minimum Gasteiger partial charge on any atom is -0.481 e. The second-order valence-electron chi connectivity index (χ2n) is 8.34. The molecule has 0 saturated carbocycles. The predicted octanol–water partition coefficient (Wildman–Crippen LogP) is 4.08. The zero-order valence-electron chi connectivity index (χ0n) is 18.6. The van der Waals surface area contributed by atoms with Gasteiger partial charge >= 0.3 is 0 Å². The molecular formula is C27H27FN2O3. The number of nitrogens with one attached hydrogen (secondary N) is 1. The molecule has 1 fully saturated rings. The van der Waals surface area contributed by atoms with Crippen molar-refractivity contribution in [3.05, 3.63) is 90.2 Å². The van der Waals surface area contributed by atoms with Gasteiger partial charge in [0.2, 0.25) is 5.91 Å². The summed E-state index contributed by atoms with van der Waals surface area (Å²) in [6, 6.07) is 24.1. The van der Waals surface area contributed by atoms with E-state index >= 15 is 0 Å². The lowest BCUT2D eigenvalue weighted by molar-refractivity contribution is -0.134. The molecule has 0 aliphatic carbocycles. The van der Waals surface area contributed by atoms with Gasteiger partial charge in [0.25, 0.3) is 5.91 Å². The number of ether oxygens (including phenoxy) is 1. The van der Waals surface area contributed by atoms with E-state index in [0.717, 1.165) is 16.7 Å². The van der Waals surface area contributed by atoms with Gasteiger partial charge in [0, 0.05) is 20.1 Å². The van der Waals surface area contributed by atoms with Crippen LogP contribution in [0.15, 0.2) is 78.9 Å². The van der Waals surface area contributed by atoms with E-state index in [1.165, 1.54) is 12.1 Å². The summed E-state index contributed by atoms with van der Waals surface area (Å²) >= 11 is 0. The highest BCUT2D eigenvalue weighted by molar-refractivity contribution is 5.86. The summed E-state index contributed by atoms with van der Waals surface area (Å²) in [5.74, 6) is -0.820. The molecule has 1 aliphatic rings. The number of benzene rings is 3. The minimum absolute atomic E-state index is 0.0411. The monoisotopic (exact) mass is 446 g/mol. The van der Waals surface area contributed by atoms with Crippen molar-refractivity contribution in [3.8, 4) is 16.9 Å². The number of nitrogens with zero attached hydrogens (tertiary/aromatic N) is 1. The highest BCUT2D eigenvalue weighted by Crippen LogP contribution is 2.37. The molecule has 5 nitrogen and oxygen atoms in total. The molecule has 0 bridgehead atoms. The van der Waals surface area contributed by atoms with Gasteiger partial charge in [0.15, 0.2) is 18.2 Å². The third kappa shape index (κ3) is 4.90. The molecule has 0 unspecified atom stereocenters. The van der Waals surface area contributed by atoms with Crippen LogP contribution in [-0.2, 0) is 16.0 Å². The number of likely N-dealkylation sites (tertiary alicyclic amines) is 1. The highest BCUT2D eigenvalue weighted by atomic mass is 19.1. The Hall–Kier alpha value is -3.67. The van der Waals surface area contributed by atoms with Crippen LogP contribution >= 0.6 is 0 Å². The minimum atomic E-state index is -0.743. The first-order valence-electron chi connectivity index (χ1n) is 11.0. The Morgan fingerprint density at radius 3 is 2.45 bits per heavy atom. The van der Waals surface area contributed by atoms with E-state index in [1.807, 2.05) is 36.4 Å². The molecule has 170 valence electrons. The van der Waals surface area contributed by atoms with Crippen LogP contribution < -0.4 is 10.1 Å². The Morgan fingerprint density at radius 1 is 1.00 bits per heavy atom. The van der Waals surface area contributed by atoms with Crippen LogP contribution in [0.5, 0.6) is 5.75 Å². The molecule has 1 N–H and O–H groups in total. The Labute approximate surface area is 193 Å². The zero-order chi connectivity index (χ0) is 23.3. The highest BCUT2D eigenvalue weighted by Gasteiger charge is 2.45. The van der Waals surface area contributed by atoms with Gasteiger partial charge in [-0.2, -0.15) is 0 Å². The van der Waals surface area contributed by atoms with Crippen molar-refractivity contribution in [3.63, 3.8) is 0 Å². The Balaban J connectivity index is 1.52.